The van der Waals surface area contributed by atoms with Crippen LogP contribution < -0.4 is 5.32 Å². The third-order valence-electron chi connectivity index (χ3n) is 1.93. The minimum atomic E-state index is -1.46. The summed E-state index contributed by atoms with van der Waals surface area (Å²) in [6, 6.07) is 0. The van der Waals surface area contributed by atoms with E-state index in [-0.39, 0.29) is 0 Å². The van der Waals surface area contributed by atoms with E-state index in [0.29, 0.717) is 0 Å². The first kappa shape index (κ1) is 15.7. The second-order valence-electron chi connectivity index (χ2n) is 5.27. The Morgan fingerprint density at radius 3 is 2.00 bits per heavy atom. The highest BCUT2D eigenvalue weighted by molar-refractivity contribution is 5.78. The Bertz CT molecular complexity index is 293. The molecule has 0 saturated carbocycles. The second kappa shape index (κ2) is 5.35. The summed E-state index contributed by atoms with van der Waals surface area (Å²) in [7, 11) is 1.16. The highest BCUT2D eigenvalue weighted by Crippen LogP contribution is 2.13. The normalized spacial score (nSPS) is 13.8. The van der Waals surface area contributed by atoms with Gasteiger partial charge in [0, 0.05) is 0 Å². The van der Waals surface area contributed by atoms with Crippen LogP contribution in [0.3, 0.4) is 0 Å². The average molecular weight is 247 g/mol. The molecule has 100 valence electrons. The standard InChI is InChI=1S/C11H21NO5/c1-10(2,3)17-9(15)12-11(4,5)7(13)8(14)16-6/h7,13H,1-6H3,(H,12,15). The number of hydrogen-bond donors (Lipinski definition) is 2. The molecule has 0 aliphatic carbocycles. The van der Waals surface area contributed by atoms with E-state index in [1.165, 1.54) is 13.8 Å². The number of amides is 1. The topological polar surface area (TPSA) is 84.9 Å². The number of carbonyl (C=O) groups excluding carboxylic acids is 2. The Balaban J connectivity index is 4.54. The number of hydrogen-bond acceptors (Lipinski definition) is 5. The fourth-order valence-electron chi connectivity index (χ4n) is 1.04. The van der Waals surface area contributed by atoms with Crippen LogP contribution in [-0.4, -0.2) is 41.5 Å². The summed E-state index contributed by atoms with van der Waals surface area (Å²) in [6.45, 7) is 8.15. The first-order valence-electron chi connectivity index (χ1n) is 5.26. The molecular weight excluding hydrogens is 226 g/mol. The lowest BCUT2D eigenvalue weighted by atomic mass is 9.98. The molecule has 6 heteroatoms. The predicted octanol–water partition coefficient (Wildman–Crippen LogP) is 0.824. The molecule has 0 heterocycles. The quantitative estimate of drug-likeness (QED) is 0.721. The van der Waals surface area contributed by atoms with E-state index in [0.717, 1.165) is 7.11 Å². The fourth-order valence-corrected chi connectivity index (χ4v) is 1.04. The van der Waals surface area contributed by atoms with Gasteiger partial charge in [-0.05, 0) is 34.6 Å². The van der Waals surface area contributed by atoms with Gasteiger partial charge in [0.25, 0.3) is 0 Å². The fraction of sp³-hybridized carbons (Fsp3) is 0.818. The molecule has 0 saturated heterocycles. The van der Waals surface area contributed by atoms with Crippen LogP contribution in [0.1, 0.15) is 34.6 Å². The summed E-state index contributed by atoms with van der Waals surface area (Å²) in [5.74, 6) is -0.814. The van der Waals surface area contributed by atoms with Crippen LogP contribution in [-0.2, 0) is 14.3 Å². The molecule has 1 unspecified atom stereocenters. The number of rotatable bonds is 3. The van der Waals surface area contributed by atoms with Crippen LogP contribution in [0.4, 0.5) is 4.79 Å². The van der Waals surface area contributed by atoms with Gasteiger partial charge in [-0.1, -0.05) is 0 Å². The van der Waals surface area contributed by atoms with Crippen LogP contribution in [0.15, 0.2) is 0 Å². The average Bonchev–Trinajstić information content (AvgIpc) is 2.11. The zero-order valence-electron chi connectivity index (χ0n) is 11.2. The molecule has 17 heavy (non-hydrogen) atoms. The van der Waals surface area contributed by atoms with E-state index < -0.39 is 29.3 Å². The molecule has 0 aliphatic heterocycles. The molecule has 0 fully saturated rings. The number of aliphatic hydroxyl groups is 1. The summed E-state index contributed by atoms with van der Waals surface area (Å²) in [5.41, 5.74) is -1.81. The van der Waals surface area contributed by atoms with Gasteiger partial charge in [0.1, 0.15) is 5.60 Å². The Kier molecular flexibility index (Phi) is 4.94. The van der Waals surface area contributed by atoms with E-state index in [1.807, 2.05) is 0 Å². The molecule has 0 radical (unpaired) electrons. The zero-order valence-corrected chi connectivity index (χ0v) is 11.2. The van der Waals surface area contributed by atoms with Crippen molar-refractivity contribution in [2.45, 2.75) is 51.9 Å². The number of carbonyl (C=O) groups is 2. The molecule has 0 rings (SSSR count). The van der Waals surface area contributed by atoms with Gasteiger partial charge in [0.15, 0.2) is 6.10 Å². The maximum absolute atomic E-state index is 11.5. The van der Waals surface area contributed by atoms with Crippen molar-refractivity contribution >= 4 is 12.1 Å². The molecule has 1 atom stereocenters. The Labute approximate surface area is 101 Å². The molecular formula is C11H21NO5. The summed E-state index contributed by atoms with van der Waals surface area (Å²) in [6.07, 6.45) is -2.16. The SMILES string of the molecule is COC(=O)C(O)C(C)(C)NC(=O)OC(C)(C)C. The van der Waals surface area contributed by atoms with Gasteiger partial charge in [0.2, 0.25) is 0 Å². The van der Waals surface area contributed by atoms with E-state index in [2.05, 4.69) is 10.1 Å². The maximum atomic E-state index is 11.5. The van der Waals surface area contributed by atoms with Crippen LogP contribution in [0, 0.1) is 0 Å². The number of esters is 1. The summed E-state index contributed by atoms with van der Waals surface area (Å²) in [5, 5.41) is 12.1. The van der Waals surface area contributed by atoms with E-state index in [4.69, 9.17) is 4.74 Å². The van der Waals surface area contributed by atoms with Gasteiger partial charge in [0.05, 0.1) is 12.6 Å². The van der Waals surface area contributed by atoms with Gasteiger partial charge in [-0.2, -0.15) is 0 Å². The van der Waals surface area contributed by atoms with Crippen molar-refractivity contribution in [3.05, 3.63) is 0 Å². The molecule has 1 amide bonds. The monoisotopic (exact) mass is 247 g/mol. The van der Waals surface area contributed by atoms with Crippen molar-refractivity contribution in [1.82, 2.24) is 5.32 Å². The van der Waals surface area contributed by atoms with Crippen molar-refractivity contribution < 1.29 is 24.2 Å². The highest BCUT2D eigenvalue weighted by atomic mass is 16.6. The number of nitrogens with one attached hydrogen (secondary N) is 1. The lowest BCUT2D eigenvalue weighted by Crippen LogP contribution is -2.56. The smallest absolute Gasteiger partial charge is 0.408 e. The third-order valence-corrected chi connectivity index (χ3v) is 1.93. The molecule has 0 spiro atoms. The minimum absolute atomic E-state index is 0.642. The number of ether oxygens (including phenoxy) is 2. The molecule has 0 aromatic heterocycles. The van der Waals surface area contributed by atoms with Gasteiger partial charge in [-0.25, -0.2) is 9.59 Å². The lowest BCUT2D eigenvalue weighted by molar-refractivity contribution is -0.154. The minimum Gasteiger partial charge on any atom is -0.467 e. The van der Waals surface area contributed by atoms with Crippen LogP contribution in [0.5, 0.6) is 0 Å². The van der Waals surface area contributed by atoms with Crippen LogP contribution in [0.2, 0.25) is 0 Å². The van der Waals surface area contributed by atoms with Crippen LogP contribution >= 0.6 is 0 Å². The van der Waals surface area contributed by atoms with E-state index >= 15 is 0 Å². The molecule has 0 aliphatic rings. The molecule has 6 nitrogen and oxygen atoms in total. The summed E-state index contributed by atoms with van der Waals surface area (Å²) < 4.78 is 9.42. The van der Waals surface area contributed by atoms with Gasteiger partial charge >= 0.3 is 12.1 Å². The Morgan fingerprint density at radius 2 is 1.65 bits per heavy atom. The second-order valence-corrected chi connectivity index (χ2v) is 5.27. The molecule has 2 N–H and O–H groups in total. The van der Waals surface area contributed by atoms with Gasteiger partial charge < -0.3 is 19.9 Å². The first-order chi connectivity index (χ1) is 7.49. The Morgan fingerprint density at radius 1 is 1.18 bits per heavy atom. The van der Waals surface area contributed by atoms with Crippen molar-refractivity contribution in [2.75, 3.05) is 7.11 Å². The van der Waals surface area contributed by atoms with E-state index in [9.17, 15) is 14.7 Å². The van der Waals surface area contributed by atoms with Gasteiger partial charge in [-0.15, -0.1) is 0 Å². The number of methoxy groups -OCH3 is 1. The maximum Gasteiger partial charge on any atom is 0.408 e. The lowest BCUT2D eigenvalue weighted by Gasteiger charge is -2.31. The van der Waals surface area contributed by atoms with Crippen molar-refractivity contribution in [1.29, 1.82) is 0 Å². The summed E-state index contributed by atoms with van der Waals surface area (Å²) >= 11 is 0. The molecule has 0 aromatic carbocycles. The largest absolute Gasteiger partial charge is 0.467 e. The molecule has 0 aromatic rings. The van der Waals surface area contributed by atoms with Crippen LogP contribution in [0.25, 0.3) is 0 Å². The number of aliphatic hydroxyl groups excluding tert-OH is 1. The first-order valence-corrected chi connectivity index (χ1v) is 5.26. The van der Waals surface area contributed by atoms with Crippen molar-refractivity contribution in [2.24, 2.45) is 0 Å². The van der Waals surface area contributed by atoms with Gasteiger partial charge in [-0.3, -0.25) is 0 Å². The summed E-state index contributed by atoms with van der Waals surface area (Å²) in [4.78, 5) is 22.7. The van der Waals surface area contributed by atoms with Crippen molar-refractivity contribution in [3.8, 4) is 0 Å². The number of alkyl carbamates (subject to hydrolysis) is 1. The zero-order chi connectivity index (χ0) is 13.9. The third kappa shape index (κ3) is 5.53. The predicted molar refractivity (Wildman–Crippen MR) is 61.5 cm³/mol. The Hall–Kier alpha value is -1.30. The molecule has 0 bridgehead atoms. The highest BCUT2D eigenvalue weighted by Gasteiger charge is 2.36. The van der Waals surface area contributed by atoms with Crippen molar-refractivity contribution in [3.63, 3.8) is 0 Å². The van der Waals surface area contributed by atoms with E-state index in [1.54, 1.807) is 20.8 Å².